The van der Waals surface area contributed by atoms with Gasteiger partial charge in [-0.3, -0.25) is 4.98 Å². The Morgan fingerprint density at radius 2 is 1.95 bits per heavy atom. The van der Waals surface area contributed by atoms with Crippen LogP contribution in [0.5, 0.6) is 0 Å². The Balaban J connectivity index is 2.13. The van der Waals surface area contributed by atoms with Gasteiger partial charge in [0, 0.05) is 28.7 Å². The fourth-order valence-electron chi connectivity index (χ4n) is 1.98. The third-order valence-corrected chi connectivity index (χ3v) is 4.04. The summed E-state index contributed by atoms with van der Waals surface area (Å²) in [4.78, 5) is 9.25. The van der Waals surface area contributed by atoms with Crippen LogP contribution in [0.1, 0.15) is 4.88 Å². The summed E-state index contributed by atoms with van der Waals surface area (Å²) in [5, 5.41) is 0.629. The minimum absolute atomic E-state index is 0.371. The van der Waals surface area contributed by atoms with E-state index in [1.165, 1.54) is 17.5 Å². The van der Waals surface area contributed by atoms with Crippen LogP contribution >= 0.6 is 11.3 Å². The van der Waals surface area contributed by atoms with Gasteiger partial charge in [0.1, 0.15) is 5.01 Å². The number of rotatable bonds is 3. The average molecular weight is 285 g/mol. The molecule has 0 atom stereocenters. The van der Waals surface area contributed by atoms with E-state index in [1.807, 2.05) is 30.3 Å². The largest absolute Gasteiger partial charge is 0.326 e. The lowest BCUT2D eigenvalue weighted by atomic mass is 10.1. The maximum Gasteiger partial charge on any atom is 0.151 e. The van der Waals surface area contributed by atoms with E-state index < -0.39 is 0 Å². The van der Waals surface area contributed by atoms with Gasteiger partial charge in [-0.15, -0.1) is 11.3 Å². The van der Waals surface area contributed by atoms with Crippen molar-refractivity contribution in [2.75, 3.05) is 0 Å². The van der Waals surface area contributed by atoms with Gasteiger partial charge in [-0.2, -0.15) is 0 Å². The second-order valence-corrected chi connectivity index (χ2v) is 5.30. The third-order valence-electron chi connectivity index (χ3n) is 2.93. The second-order valence-electron chi connectivity index (χ2n) is 4.22. The summed E-state index contributed by atoms with van der Waals surface area (Å²) in [6.07, 6.45) is 2.76. The molecule has 0 aliphatic rings. The monoisotopic (exact) mass is 285 g/mol. The first-order valence-electron chi connectivity index (χ1n) is 6.14. The topological polar surface area (TPSA) is 51.8 Å². The quantitative estimate of drug-likeness (QED) is 0.801. The van der Waals surface area contributed by atoms with E-state index in [9.17, 15) is 4.39 Å². The van der Waals surface area contributed by atoms with Crippen molar-refractivity contribution in [1.29, 1.82) is 0 Å². The van der Waals surface area contributed by atoms with E-state index in [4.69, 9.17) is 5.73 Å². The zero-order chi connectivity index (χ0) is 13.9. The molecule has 0 unspecified atom stereocenters. The molecule has 0 amide bonds. The maximum absolute atomic E-state index is 13.8. The highest BCUT2D eigenvalue weighted by Crippen LogP contribution is 2.34. The molecule has 0 aliphatic carbocycles. The number of nitrogens with zero attached hydrogens (tertiary/aromatic N) is 2. The highest BCUT2D eigenvalue weighted by molar-refractivity contribution is 7.15. The molecular weight excluding hydrogens is 273 g/mol. The molecule has 1 aromatic carbocycles. The van der Waals surface area contributed by atoms with Crippen LogP contribution in [0.15, 0.2) is 48.8 Å². The highest BCUT2D eigenvalue weighted by Gasteiger charge is 2.15. The number of nitrogens with two attached hydrogens (primary N) is 1. The Bertz CT molecular complexity index is 725. The molecule has 0 aliphatic heterocycles. The first kappa shape index (κ1) is 12.9. The summed E-state index contributed by atoms with van der Waals surface area (Å²) >= 11 is 1.42. The van der Waals surface area contributed by atoms with Crippen molar-refractivity contribution in [2.45, 2.75) is 6.54 Å². The van der Waals surface area contributed by atoms with Gasteiger partial charge in [-0.05, 0) is 6.07 Å². The number of thiazole rings is 1. The number of pyridine rings is 1. The van der Waals surface area contributed by atoms with Crippen LogP contribution < -0.4 is 5.73 Å². The Kier molecular flexibility index (Phi) is 3.54. The molecule has 2 N–H and O–H groups in total. The standard InChI is InChI=1S/C15H12FN3S/c16-12-9-18-7-6-11(12)15-19-14(13(8-17)20-15)10-4-2-1-3-5-10/h1-7,9H,8,17H2. The molecule has 100 valence electrons. The van der Waals surface area contributed by atoms with Crippen LogP contribution in [-0.2, 0) is 6.54 Å². The molecular formula is C15H12FN3S. The van der Waals surface area contributed by atoms with Gasteiger partial charge < -0.3 is 5.73 Å². The number of hydrogen-bond donors (Lipinski definition) is 1. The van der Waals surface area contributed by atoms with Crippen LogP contribution in [0.4, 0.5) is 4.39 Å². The lowest BCUT2D eigenvalue weighted by Gasteiger charge is -1.99. The van der Waals surface area contributed by atoms with Crippen molar-refractivity contribution < 1.29 is 4.39 Å². The van der Waals surface area contributed by atoms with E-state index >= 15 is 0 Å². The van der Waals surface area contributed by atoms with E-state index in [0.717, 1.165) is 16.1 Å². The number of benzene rings is 1. The number of aromatic nitrogens is 2. The summed E-state index contributed by atoms with van der Waals surface area (Å²) < 4.78 is 13.8. The van der Waals surface area contributed by atoms with E-state index in [-0.39, 0.29) is 5.82 Å². The maximum atomic E-state index is 13.8. The molecule has 0 spiro atoms. The van der Waals surface area contributed by atoms with E-state index in [2.05, 4.69) is 9.97 Å². The minimum Gasteiger partial charge on any atom is -0.326 e. The minimum atomic E-state index is -0.371. The van der Waals surface area contributed by atoms with Crippen molar-refractivity contribution in [3.05, 3.63) is 59.5 Å². The molecule has 0 fully saturated rings. The summed E-state index contributed by atoms with van der Waals surface area (Å²) in [5.41, 5.74) is 8.06. The van der Waals surface area contributed by atoms with Gasteiger partial charge in [0.15, 0.2) is 5.82 Å². The van der Waals surface area contributed by atoms with Crippen LogP contribution in [0.3, 0.4) is 0 Å². The molecule has 3 aromatic rings. The molecule has 2 aromatic heterocycles. The van der Waals surface area contributed by atoms with Crippen molar-refractivity contribution >= 4 is 11.3 Å². The van der Waals surface area contributed by atoms with Crippen molar-refractivity contribution in [2.24, 2.45) is 5.73 Å². The van der Waals surface area contributed by atoms with Crippen LogP contribution in [-0.4, -0.2) is 9.97 Å². The van der Waals surface area contributed by atoms with Crippen molar-refractivity contribution in [1.82, 2.24) is 9.97 Å². The van der Waals surface area contributed by atoms with Crippen LogP contribution in [0.25, 0.3) is 21.8 Å². The molecule has 2 heterocycles. The normalized spacial score (nSPS) is 10.7. The zero-order valence-corrected chi connectivity index (χ0v) is 11.4. The Morgan fingerprint density at radius 3 is 2.65 bits per heavy atom. The van der Waals surface area contributed by atoms with Crippen molar-refractivity contribution in [3.8, 4) is 21.8 Å². The Morgan fingerprint density at radius 1 is 1.15 bits per heavy atom. The van der Waals surface area contributed by atoms with Crippen LogP contribution in [0.2, 0.25) is 0 Å². The molecule has 0 radical (unpaired) electrons. The predicted octanol–water partition coefficient (Wildman–Crippen LogP) is 3.47. The smallest absolute Gasteiger partial charge is 0.151 e. The van der Waals surface area contributed by atoms with Gasteiger partial charge in [-0.1, -0.05) is 30.3 Å². The zero-order valence-electron chi connectivity index (χ0n) is 10.6. The summed E-state index contributed by atoms with van der Waals surface area (Å²) in [6, 6.07) is 11.4. The van der Waals surface area contributed by atoms with Crippen LogP contribution in [0, 0.1) is 5.82 Å². The first-order chi connectivity index (χ1) is 9.79. The molecule has 5 heteroatoms. The lowest BCUT2D eigenvalue weighted by Crippen LogP contribution is -1.95. The fraction of sp³-hybridized carbons (Fsp3) is 0.0667. The average Bonchev–Trinajstić information content (AvgIpc) is 2.92. The summed E-state index contributed by atoms with van der Waals surface area (Å²) in [5.74, 6) is -0.371. The van der Waals surface area contributed by atoms with Gasteiger partial charge in [-0.25, -0.2) is 9.37 Å². The summed E-state index contributed by atoms with van der Waals surface area (Å²) in [7, 11) is 0. The third kappa shape index (κ3) is 2.33. The Labute approximate surface area is 119 Å². The summed E-state index contributed by atoms with van der Waals surface area (Å²) in [6.45, 7) is 0.384. The SMILES string of the molecule is NCc1sc(-c2ccncc2F)nc1-c1ccccc1. The van der Waals surface area contributed by atoms with Gasteiger partial charge >= 0.3 is 0 Å². The molecule has 20 heavy (non-hydrogen) atoms. The first-order valence-corrected chi connectivity index (χ1v) is 6.96. The highest BCUT2D eigenvalue weighted by atomic mass is 32.1. The van der Waals surface area contributed by atoms with Gasteiger partial charge in [0.25, 0.3) is 0 Å². The lowest BCUT2D eigenvalue weighted by molar-refractivity contribution is 0.625. The second kappa shape index (κ2) is 5.48. The van der Waals surface area contributed by atoms with Gasteiger partial charge in [0.05, 0.1) is 11.9 Å². The van der Waals surface area contributed by atoms with E-state index in [0.29, 0.717) is 17.1 Å². The molecule has 3 rings (SSSR count). The van der Waals surface area contributed by atoms with Crippen molar-refractivity contribution in [3.63, 3.8) is 0 Å². The number of halogens is 1. The van der Waals surface area contributed by atoms with E-state index in [1.54, 1.807) is 12.3 Å². The number of hydrogen-bond acceptors (Lipinski definition) is 4. The molecule has 0 bridgehead atoms. The van der Waals surface area contributed by atoms with Gasteiger partial charge in [0.2, 0.25) is 0 Å². The molecule has 3 nitrogen and oxygen atoms in total. The molecule has 0 saturated carbocycles. The fourth-order valence-corrected chi connectivity index (χ4v) is 2.96. The predicted molar refractivity (Wildman–Crippen MR) is 78.6 cm³/mol. The molecule has 0 saturated heterocycles. The Hall–Kier alpha value is -2.11.